The van der Waals surface area contributed by atoms with Gasteiger partial charge in [0.05, 0.1) is 12.3 Å². The molecule has 0 saturated heterocycles. The van der Waals surface area contributed by atoms with Crippen LogP contribution in [0.15, 0.2) is 10.2 Å². The molecule has 0 spiro atoms. The molecule has 0 amide bonds. The van der Waals surface area contributed by atoms with Crippen molar-refractivity contribution in [3.05, 3.63) is 0 Å². The number of rotatable bonds is 1. The topological polar surface area (TPSA) is 71.0 Å². The molecule has 0 aromatic rings. The Morgan fingerprint density at radius 3 is 2.90 bits per heavy atom. The van der Waals surface area contributed by atoms with Crippen molar-refractivity contribution in [2.24, 2.45) is 16.0 Å². The Hall–Kier alpha value is -1.23. The molecule has 1 heterocycles. The second-order valence-corrected chi connectivity index (χ2v) is 2.04. The molecule has 0 atom stereocenters. The Kier molecular flexibility index (Phi) is 1.77. The second-order valence-electron chi connectivity index (χ2n) is 2.04. The standard InChI is InChI=1S/C5H8N4O/c1-4-2-9(6)5(3-10)8-7-4/h3H,2,6H2,1H3. The van der Waals surface area contributed by atoms with E-state index in [-0.39, 0.29) is 5.84 Å². The Morgan fingerprint density at radius 1 is 1.70 bits per heavy atom. The van der Waals surface area contributed by atoms with E-state index >= 15 is 0 Å². The van der Waals surface area contributed by atoms with Gasteiger partial charge in [0.2, 0.25) is 5.84 Å². The van der Waals surface area contributed by atoms with Gasteiger partial charge in [0.1, 0.15) is 0 Å². The maximum Gasteiger partial charge on any atom is 0.205 e. The van der Waals surface area contributed by atoms with E-state index in [1.165, 1.54) is 5.01 Å². The summed E-state index contributed by atoms with van der Waals surface area (Å²) in [6, 6.07) is 0. The fourth-order valence-electron chi connectivity index (χ4n) is 0.644. The summed E-state index contributed by atoms with van der Waals surface area (Å²) in [5, 5.41) is 8.49. The van der Waals surface area contributed by atoms with E-state index in [4.69, 9.17) is 5.84 Å². The zero-order chi connectivity index (χ0) is 7.56. The Bertz CT molecular complexity index is 208. The molecular weight excluding hydrogens is 132 g/mol. The molecule has 0 bridgehead atoms. The van der Waals surface area contributed by atoms with Gasteiger partial charge in [-0.05, 0) is 6.92 Å². The molecule has 1 aliphatic heterocycles. The van der Waals surface area contributed by atoms with Crippen LogP contribution < -0.4 is 5.84 Å². The summed E-state index contributed by atoms with van der Waals surface area (Å²) in [6.45, 7) is 2.27. The molecule has 0 unspecified atom stereocenters. The molecule has 0 radical (unpaired) electrons. The van der Waals surface area contributed by atoms with Crippen LogP contribution >= 0.6 is 0 Å². The maximum absolute atomic E-state index is 10.2. The third kappa shape index (κ3) is 1.19. The average Bonchev–Trinajstić information content (AvgIpc) is 1.88. The van der Waals surface area contributed by atoms with Crippen molar-refractivity contribution in [1.29, 1.82) is 0 Å². The van der Waals surface area contributed by atoms with Crippen molar-refractivity contribution in [2.45, 2.75) is 6.92 Å². The van der Waals surface area contributed by atoms with Gasteiger partial charge in [-0.3, -0.25) is 9.80 Å². The van der Waals surface area contributed by atoms with Gasteiger partial charge in [-0.25, -0.2) is 5.84 Å². The Labute approximate surface area is 58.2 Å². The van der Waals surface area contributed by atoms with Gasteiger partial charge in [-0.2, -0.15) is 5.10 Å². The summed E-state index contributed by atoms with van der Waals surface area (Å²) in [6.07, 6.45) is 0.579. The number of amidine groups is 1. The highest BCUT2D eigenvalue weighted by molar-refractivity contribution is 6.27. The predicted octanol–water partition coefficient (Wildman–Crippen LogP) is -0.851. The van der Waals surface area contributed by atoms with Crippen LogP contribution in [0.4, 0.5) is 0 Å². The number of carbonyl (C=O) groups is 1. The minimum atomic E-state index is 0.172. The lowest BCUT2D eigenvalue weighted by Gasteiger charge is -2.18. The average molecular weight is 140 g/mol. The van der Waals surface area contributed by atoms with Crippen LogP contribution in [0.2, 0.25) is 0 Å². The first kappa shape index (κ1) is 6.88. The number of nitrogens with zero attached hydrogens (tertiary/aromatic N) is 3. The lowest BCUT2D eigenvalue weighted by molar-refractivity contribution is -0.103. The molecule has 0 aromatic carbocycles. The van der Waals surface area contributed by atoms with Crippen LogP contribution in [0.5, 0.6) is 0 Å². The number of aldehydes is 1. The summed E-state index contributed by atoms with van der Waals surface area (Å²) in [7, 11) is 0. The SMILES string of the molecule is CC1=NN=C(C=O)N(N)C1. The lowest BCUT2D eigenvalue weighted by atomic mass is 10.4. The molecule has 0 fully saturated rings. The van der Waals surface area contributed by atoms with Crippen LogP contribution in [0.3, 0.4) is 0 Å². The van der Waals surface area contributed by atoms with Crippen molar-refractivity contribution in [1.82, 2.24) is 5.01 Å². The van der Waals surface area contributed by atoms with Gasteiger partial charge in [0.15, 0.2) is 6.29 Å². The van der Waals surface area contributed by atoms with E-state index in [1.54, 1.807) is 6.92 Å². The van der Waals surface area contributed by atoms with Crippen LogP contribution in [0.1, 0.15) is 6.92 Å². The molecule has 5 heteroatoms. The summed E-state index contributed by atoms with van der Waals surface area (Å²) < 4.78 is 0. The lowest BCUT2D eigenvalue weighted by Crippen LogP contribution is -2.43. The van der Waals surface area contributed by atoms with Crippen LogP contribution in [-0.2, 0) is 4.79 Å². The molecule has 5 nitrogen and oxygen atoms in total. The fraction of sp³-hybridized carbons (Fsp3) is 0.400. The van der Waals surface area contributed by atoms with Gasteiger partial charge in [-0.1, -0.05) is 0 Å². The second kappa shape index (κ2) is 2.57. The zero-order valence-corrected chi connectivity index (χ0v) is 5.61. The zero-order valence-electron chi connectivity index (χ0n) is 5.61. The largest absolute Gasteiger partial charge is 0.294 e. The number of hydrazine groups is 1. The van der Waals surface area contributed by atoms with Gasteiger partial charge in [-0.15, -0.1) is 5.10 Å². The van der Waals surface area contributed by atoms with E-state index in [1.807, 2.05) is 0 Å². The minimum absolute atomic E-state index is 0.172. The normalized spacial score (nSPS) is 18.0. The molecule has 0 aliphatic carbocycles. The summed E-state index contributed by atoms with van der Waals surface area (Å²) in [5.74, 6) is 5.54. The first-order valence-corrected chi connectivity index (χ1v) is 2.82. The van der Waals surface area contributed by atoms with E-state index < -0.39 is 0 Å². The van der Waals surface area contributed by atoms with Crippen LogP contribution in [0.25, 0.3) is 0 Å². The quantitative estimate of drug-likeness (QED) is 0.381. The molecule has 1 rings (SSSR count). The summed E-state index contributed by atoms with van der Waals surface area (Å²) in [4.78, 5) is 10.2. The first-order chi connectivity index (χ1) is 4.74. The number of hydrogen-bond donors (Lipinski definition) is 1. The third-order valence-corrected chi connectivity index (χ3v) is 1.12. The van der Waals surface area contributed by atoms with Gasteiger partial charge >= 0.3 is 0 Å². The smallest absolute Gasteiger partial charge is 0.205 e. The Balaban J connectivity index is 2.81. The summed E-state index contributed by atoms with van der Waals surface area (Å²) in [5.41, 5.74) is 0.799. The maximum atomic E-state index is 10.2. The molecule has 54 valence electrons. The predicted molar refractivity (Wildman–Crippen MR) is 37.5 cm³/mol. The van der Waals surface area contributed by atoms with E-state index in [9.17, 15) is 4.79 Å². The van der Waals surface area contributed by atoms with Gasteiger partial charge in [0.25, 0.3) is 0 Å². The molecular formula is C5H8N4O. The fourth-order valence-corrected chi connectivity index (χ4v) is 0.644. The molecule has 10 heavy (non-hydrogen) atoms. The number of nitrogens with two attached hydrogens (primary N) is 1. The third-order valence-electron chi connectivity index (χ3n) is 1.12. The molecule has 1 aliphatic rings. The van der Waals surface area contributed by atoms with E-state index in [2.05, 4.69) is 10.2 Å². The highest BCUT2D eigenvalue weighted by Gasteiger charge is 2.10. The monoisotopic (exact) mass is 140 g/mol. The van der Waals surface area contributed by atoms with E-state index in [0.717, 1.165) is 5.71 Å². The van der Waals surface area contributed by atoms with Crippen molar-refractivity contribution >= 4 is 17.8 Å². The van der Waals surface area contributed by atoms with Crippen LogP contribution in [-0.4, -0.2) is 29.4 Å². The molecule has 2 N–H and O–H groups in total. The summed E-state index contributed by atoms with van der Waals surface area (Å²) >= 11 is 0. The number of carbonyl (C=O) groups excluding carboxylic acids is 1. The van der Waals surface area contributed by atoms with Crippen LogP contribution in [0, 0.1) is 0 Å². The molecule has 0 saturated carbocycles. The minimum Gasteiger partial charge on any atom is -0.294 e. The van der Waals surface area contributed by atoms with Crippen molar-refractivity contribution < 1.29 is 4.79 Å². The van der Waals surface area contributed by atoms with Crippen molar-refractivity contribution in [3.8, 4) is 0 Å². The highest BCUT2D eigenvalue weighted by Crippen LogP contribution is 1.93. The highest BCUT2D eigenvalue weighted by atomic mass is 16.1. The number of hydrogen-bond acceptors (Lipinski definition) is 5. The van der Waals surface area contributed by atoms with Gasteiger partial charge < -0.3 is 0 Å². The Morgan fingerprint density at radius 2 is 2.40 bits per heavy atom. The van der Waals surface area contributed by atoms with Gasteiger partial charge in [0, 0.05) is 0 Å². The van der Waals surface area contributed by atoms with E-state index in [0.29, 0.717) is 12.8 Å². The first-order valence-electron chi connectivity index (χ1n) is 2.82. The van der Waals surface area contributed by atoms with Crippen molar-refractivity contribution in [3.63, 3.8) is 0 Å². The molecule has 0 aromatic heterocycles. The van der Waals surface area contributed by atoms with Crippen molar-refractivity contribution in [2.75, 3.05) is 6.54 Å².